The predicted molar refractivity (Wildman–Crippen MR) is 149 cm³/mol. The van der Waals surface area contributed by atoms with Gasteiger partial charge < -0.3 is 26.2 Å². The second-order valence-corrected chi connectivity index (χ2v) is 10.3. The van der Waals surface area contributed by atoms with Crippen molar-refractivity contribution < 1.29 is 34.2 Å². The number of amides is 5. The van der Waals surface area contributed by atoms with E-state index < -0.39 is 29.6 Å². The van der Waals surface area contributed by atoms with Gasteiger partial charge in [-0.05, 0) is 69.2 Å². The van der Waals surface area contributed by atoms with Crippen LogP contribution in [-0.4, -0.2) is 76.7 Å². The Bertz CT molecular complexity index is 1100. The number of carbonyl (C=O) groups excluding carboxylic acids is 5. The highest BCUT2D eigenvalue weighted by atomic mass is 16.3. The molecule has 1 unspecified atom stereocenters. The molecule has 1 aliphatic carbocycles. The Hall–Kier alpha value is -3.65. The van der Waals surface area contributed by atoms with Gasteiger partial charge in [0.25, 0.3) is 11.8 Å². The first-order valence-corrected chi connectivity index (χ1v) is 14.0. The summed E-state index contributed by atoms with van der Waals surface area (Å²) >= 11 is 0. The summed E-state index contributed by atoms with van der Waals surface area (Å²) in [5.41, 5.74) is 5.22. The minimum absolute atomic E-state index is 0.130. The molecule has 1 aromatic rings. The molecule has 0 radical (unpaired) electrons. The number of unbranched alkanes of at least 4 members (excludes halogenated alkanes) is 2. The molecule has 0 bridgehead atoms. The maximum Gasteiger partial charge on any atom is 0.253 e. The van der Waals surface area contributed by atoms with Crippen molar-refractivity contribution in [2.75, 3.05) is 25.0 Å². The van der Waals surface area contributed by atoms with Gasteiger partial charge in [0.05, 0.1) is 6.61 Å². The summed E-state index contributed by atoms with van der Waals surface area (Å²) in [4.78, 5) is 64.0. The van der Waals surface area contributed by atoms with Crippen LogP contribution in [0.1, 0.15) is 56.9 Å². The van der Waals surface area contributed by atoms with Crippen molar-refractivity contribution in [1.29, 1.82) is 0 Å². The summed E-state index contributed by atoms with van der Waals surface area (Å²) in [6.07, 6.45) is 5.30. The van der Waals surface area contributed by atoms with Gasteiger partial charge >= 0.3 is 0 Å². The monoisotopic (exact) mass is 572 g/mol. The largest absolute Gasteiger partial charge is 0.392 e. The Morgan fingerprint density at radius 1 is 0.951 bits per heavy atom. The van der Waals surface area contributed by atoms with Crippen LogP contribution in [0.3, 0.4) is 0 Å². The number of hydrogen-bond donors (Lipinski definition) is 7. The Kier molecular flexibility index (Phi) is 12.0. The van der Waals surface area contributed by atoms with Gasteiger partial charge in [-0.15, -0.1) is 0 Å². The average Bonchev–Trinajstić information content (AvgIpc) is 3.24. The fourth-order valence-electron chi connectivity index (χ4n) is 4.73. The lowest BCUT2D eigenvalue weighted by Gasteiger charge is -2.39. The molecule has 2 aliphatic rings. The highest BCUT2D eigenvalue weighted by molar-refractivity contribution is 6.12. The van der Waals surface area contributed by atoms with Crippen LogP contribution in [0.15, 0.2) is 36.4 Å². The van der Waals surface area contributed by atoms with Crippen molar-refractivity contribution in [2.45, 2.75) is 70.4 Å². The van der Waals surface area contributed by atoms with E-state index in [4.69, 9.17) is 5.73 Å². The van der Waals surface area contributed by atoms with E-state index in [1.807, 2.05) is 0 Å². The molecule has 1 saturated carbocycles. The lowest BCUT2D eigenvalue weighted by molar-refractivity contribution is -0.151. The van der Waals surface area contributed by atoms with E-state index in [2.05, 4.69) is 21.3 Å². The standard InChI is InChI=1S/C28H40N6O7/c29-27(41)31-16-4-6-21(24(38)32-20-9-7-19(18-35)8-10-20)33-26(40)28(13-5-14-28)25(39)30-15-2-1-3-17-34-22(36)11-12-23(34)37/h7-12,21,27,31,35,41H,1-6,13-18,29H2,(H,30,39)(H,32,38)(H,33,40)/t21-,27?/m0/s1. The van der Waals surface area contributed by atoms with Crippen LogP contribution in [0.25, 0.3) is 0 Å². The van der Waals surface area contributed by atoms with Crippen LogP contribution in [0.2, 0.25) is 0 Å². The molecule has 8 N–H and O–H groups in total. The van der Waals surface area contributed by atoms with Gasteiger partial charge in [0, 0.05) is 30.9 Å². The zero-order chi connectivity index (χ0) is 29.8. The van der Waals surface area contributed by atoms with E-state index in [-0.39, 0.29) is 30.7 Å². The van der Waals surface area contributed by atoms with Crippen LogP contribution in [-0.2, 0) is 30.6 Å². The van der Waals surface area contributed by atoms with E-state index in [0.717, 1.165) is 0 Å². The summed E-state index contributed by atoms with van der Waals surface area (Å²) < 4.78 is 0. The van der Waals surface area contributed by atoms with E-state index in [1.165, 1.54) is 17.1 Å². The SMILES string of the molecule is NC(O)NCCC[C@H](NC(=O)C1(C(=O)NCCCCCN2C(=O)C=CC2=O)CCC1)C(=O)Nc1ccc(CO)cc1. The smallest absolute Gasteiger partial charge is 0.253 e. The fraction of sp³-hybridized carbons (Fsp3) is 0.536. The lowest BCUT2D eigenvalue weighted by Crippen LogP contribution is -2.58. The number of imide groups is 1. The molecule has 1 aliphatic heterocycles. The molecule has 1 fully saturated rings. The van der Waals surface area contributed by atoms with Gasteiger partial charge in [0.1, 0.15) is 11.5 Å². The van der Waals surface area contributed by atoms with E-state index in [9.17, 15) is 34.2 Å². The van der Waals surface area contributed by atoms with Crippen molar-refractivity contribution in [2.24, 2.45) is 11.1 Å². The number of aliphatic hydroxyl groups is 2. The quantitative estimate of drug-likeness (QED) is 0.0560. The minimum Gasteiger partial charge on any atom is -0.392 e. The highest BCUT2D eigenvalue weighted by Gasteiger charge is 2.51. The zero-order valence-corrected chi connectivity index (χ0v) is 23.1. The molecule has 0 spiro atoms. The summed E-state index contributed by atoms with van der Waals surface area (Å²) in [5.74, 6) is -1.99. The number of benzene rings is 1. The van der Waals surface area contributed by atoms with Crippen molar-refractivity contribution in [3.05, 3.63) is 42.0 Å². The maximum absolute atomic E-state index is 13.4. The van der Waals surface area contributed by atoms with E-state index in [1.54, 1.807) is 24.3 Å². The Balaban J connectivity index is 1.52. The first kappa shape index (κ1) is 31.9. The molecule has 1 aromatic carbocycles. The lowest BCUT2D eigenvalue weighted by atomic mass is 9.67. The summed E-state index contributed by atoms with van der Waals surface area (Å²) in [5, 5.41) is 29.5. The molecule has 2 atom stereocenters. The molecule has 1 heterocycles. The number of nitrogens with zero attached hydrogens (tertiary/aromatic N) is 1. The predicted octanol–water partition coefficient (Wildman–Crippen LogP) is -0.412. The summed E-state index contributed by atoms with van der Waals surface area (Å²) in [6.45, 7) is 0.842. The van der Waals surface area contributed by atoms with Gasteiger partial charge in [-0.1, -0.05) is 18.6 Å². The van der Waals surface area contributed by atoms with Gasteiger partial charge in [0.2, 0.25) is 17.7 Å². The molecule has 13 nitrogen and oxygen atoms in total. The van der Waals surface area contributed by atoms with Crippen LogP contribution in [0, 0.1) is 5.41 Å². The normalized spacial score (nSPS) is 17.1. The summed E-state index contributed by atoms with van der Waals surface area (Å²) in [6, 6.07) is 5.70. The number of nitrogens with one attached hydrogen (secondary N) is 4. The molecule has 0 aromatic heterocycles. The summed E-state index contributed by atoms with van der Waals surface area (Å²) in [7, 11) is 0. The van der Waals surface area contributed by atoms with Crippen LogP contribution < -0.4 is 27.0 Å². The minimum atomic E-state index is -1.26. The number of nitrogens with two attached hydrogens (primary N) is 1. The highest BCUT2D eigenvalue weighted by Crippen LogP contribution is 2.41. The van der Waals surface area contributed by atoms with Crippen LogP contribution >= 0.6 is 0 Å². The van der Waals surface area contributed by atoms with Crippen LogP contribution in [0.4, 0.5) is 5.69 Å². The van der Waals surface area contributed by atoms with Gasteiger partial charge in [-0.25, -0.2) is 0 Å². The molecule has 224 valence electrons. The Morgan fingerprint density at radius 2 is 1.63 bits per heavy atom. The van der Waals surface area contributed by atoms with Gasteiger partial charge in [-0.2, -0.15) is 0 Å². The third kappa shape index (κ3) is 8.92. The molecule has 3 rings (SSSR count). The number of rotatable bonds is 17. The van der Waals surface area contributed by atoms with E-state index in [0.29, 0.717) is 75.8 Å². The van der Waals surface area contributed by atoms with Crippen molar-refractivity contribution in [3.63, 3.8) is 0 Å². The van der Waals surface area contributed by atoms with Crippen LogP contribution in [0.5, 0.6) is 0 Å². The molecule has 0 saturated heterocycles. The third-order valence-corrected chi connectivity index (χ3v) is 7.37. The molecule has 41 heavy (non-hydrogen) atoms. The zero-order valence-electron chi connectivity index (χ0n) is 23.1. The Morgan fingerprint density at radius 3 is 2.22 bits per heavy atom. The van der Waals surface area contributed by atoms with Gasteiger partial charge in [-0.3, -0.25) is 39.9 Å². The number of hydrogen-bond acceptors (Lipinski definition) is 9. The molecular formula is C28H40N6O7. The first-order chi connectivity index (χ1) is 19.7. The van der Waals surface area contributed by atoms with Crippen molar-refractivity contribution >= 4 is 35.2 Å². The van der Waals surface area contributed by atoms with Crippen molar-refractivity contribution in [1.82, 2.24) is 20.9 Å². The second kappa shape index (κ2) is 15.4. The topological polar surface area (TPSA) is 203 Å². The first-order valence-electron chi connectivity index (χ1n) is 14.0. The fourth-order valence-corrected chi connectivity index (χ4v) is 4.73. The molecule has 13 heteroatoms. The maximum atomic E-state index is 13.4. The third-order valence-electron chi connectivity index (χ3n) is 7.37. The Labute approximate surface area is 238 Å². The number of anilines is 1. The second-order valence-electron chi connectivity index (χ2n) is 10.3. The average molecular weight is 573 g/mol. The van der Waals surface area contributed by atoms with E-state index >= 15 is 0 Å². The number of carbonyl (C=O) groups is 5. The number of aliphatic hydroxyl groups excluding tert-OH is 2. The van der Waals surface area contributed by atoms with Gasteiger partial charge in [0.15, 0.2) is 6.35 Å². The molecular weight excluding hydrogens is 532 g/mol. The van der Waals surface area contributed by atoms with Crippen molar-refractivity contribution in [3.8, 4) is 0 Å². The molecule has 5 amide bonds.